The third-order valence-corrected chi connectivity index (χ3v) is 9.43. The Balaban J connectivity index is 1.32. The second-order valence-electron chi connectivity index (χ2n) is 7.66. The summed E-state index contributed by atoms with van der Waals surface area (Å²) in [6.07, 6.45) is 0.605. The second kappa shape index (κ2) is 9.17. The molecule has 1 atom stereocenters. The van der Waals surface area contributed by atoms with Crippen molar-refractivity contribution < 1.29 is 17.9 Å². The summed E-state index contributed by atoms with van der Waals surface area (Å²) in [6, 6.07) is 22.4. The third-order valence-electron chi connectivity index (χ3n) is 5.18. The summed E-state index contributed by atoms with van der Waals surface area (Å²) in [5.41, 5.74) is 1.29. The highest BCUT2D eigenvalue weighted by Gasteiger charge is 2.29. The zero-order valence-corrected chi connectivity index (χ0v) is 19.9. The highest BCUT2D eigenvalue weighted by molar-refractivity contribution is 8.02. The van der Waals surface area contributed by atoms with Gasteiger partial charge in [0.15, 0.2) is 15.0 Å². The van der Waals surface area contributed by atoms with E-state index in [1.807, 2.05) is 60.7 Å². The fourth-order valence-corrected chi connectivity index (χ4v) is 8.12. The van der Waals surface area contributed by atoms with Gasteiger partial charge in [-0.1, -0.05) is 41.7 Å². The molecule has 1 aliphatic rings. The van der Waals surface area contributed by atoms with Gasteiger partial charge in [-0.05, 0) is 42.8 Å². The fourth-order valence-electron chi connectivity index (χ4n) is 3.60. The van der Waals surface area contributed by atoms with Crippen molar-refractivity contribution in [1.29, 1.82) is 0 Å². The molecule has 2 heterocycles. The number of thiazole rings is 1. The molecule has 0 radical (unpaired) electrons. The monoisotopic (exact) mass is 496 g/mol. The Bertz CT molecular complexity index is 1420. The molecule has 1 aromatic heterocycles. The van der Waals surface area contributed by atoms with Gasteiger partial charge in [-0.25, -0.2) is 13.4 Å². The number of amides is 1. The summed E-state index contributed by atoms with van der Waals surface area (Å²) < 4.78 is 30.4. The standard InChI is InChI=1S/C24H20N2O4S3/c27-23(19-8-4-5-9-21(19)31-18-12-13-33(28,29)15-18)26-24-25-20-11-10-17(14-22(20)32-24)30-16-6-2-1-3-7-16/h1-11,14,18H,12-13,15H2,(H,25,26,27). The Hall–Kier alpha value is -2.88. The van der Waals surface area contributed by atoms with E-state index in [0.29, 0.717) is 22.9 Å². The number of carbonyl (C=O) groups excluding carboxylic acids is 1. The van der Waals surface area contributed by atoms with Gasteiger partial charge in [0.2, 0.25) is 0 Å². The molecule has 1 saturated heterocycles. The van der Waals surface area contributed by atoms with E-state index >= 15 is 0 Å². The van der Waals surface area contributed by atoms with Crippen LogP contribution >= 0.6 is 23.1 Å². The third kappa shape index (κ3) is 5.21. The van der Waals surface area contributed by atoms with Gasteiger partial charge in [-0.15, -0.1) is 11.8 Å². The van der Waals surface area contributed by atoms with Crippen LogP contribution in [0.1, 0.15) is 16.8 Å². The van der Waals surface area contributed by atoms with Gasteiger partial charge < -0.3 is 4.74 Å². The number of hydrogen-bond donors (Lipinski definition) is 1. The topological polar surface area (TPSA) is 85.4 Å². The molecule has 0 bridgehead atoms. The fraction of sp³-hybridized carbons (Fsp3) is 0.167. The number of sulfone groups is 1. The molecule has 1 unspecified atom stereocenters. The van der Waals surface area contributed by atoms with Gasteiger partial charge in [-0.3, -0.25) is 10.1 Å². The maximum atomic E-state index is 13.0. The summed E-state index contributed by atoms with van der Waals surface area (Å²) >= 11 is 2.83. The molecule has 3 aromatic carbocycles. The molecule has 5 rings (SSSR count). The Morgan fingerprint density at radius 2 is 1.82 bits per heavy atom. The van der Waals surface area contributed by atoms with Gasteiger partial charge in [0.05, 0.1) is 27.3 Å². The summed E-state index contributed by atoms with van der Waals surface area (Å²) in [5.74, 6) is 1.54. The molecule has 6 nitrogen and oxygen atoms in total. The first kappa shape index (κ1) is 21.9. The molecule has 9 heteroatoms. The van der Waals surface area contributed by atoms with Gasteiger partial charge in [0.1, 0.15) is 11.5 Å². The van der Waals surface area contributed by atoms with Gasteiger partial charge in [-0.2, -0.15) is 0 Å². The summed E-state index contributed by atoms with van der Waals surface area (Å²) in [7, 11) is -2.98. The predicted molar refractivity (Wildman–Crippen MR) is 133 cm³/mol. The van der Waals surface area contributed by atoms with Crippen LogP contribution in [0.5, 0.6) is 11.5 Å². The Morgan fingerprint density at radius 1 is 1.03 bits per heavy atom. The minimum absolute atomic E-state index is 0.0329. The zero-order chi connectivity index (χ0) is 22.8. The van der Waals surface area contributed by atoms with Crippen LogP contribution in [-0.4, -0.2) is 36.1 Å². The van der Waals surface area contributed by atoms with Crippen molar-refractivity contribution in [3.05, 3.63) is 78.4 Å². The number of carbonyl (C=O) groups is 1. The number of anilines is 1. The number of rotatable bonds is 6. The maximum Gasteiger partial charge on any atom is 0.258 e. The number of thioether (sulfide) groups is 1. The number of fused-ring (bicyclic) bond motifs is 1. The summed E-state index contributed by atoms with van der Waals surface area (Å²) in [6.45, 7) is 0. The lowest BCUT2D eigenvalue weighted by molar-refractivity contribution is 0.102. The Labute approximate surface area is 199 Å². The largest absolute Gasteiger partial charge is 0.457 e. The summed E-state index contributed by atoms with van der Waals surface area (Å²) in [4.78, 5) is 18.3. The minimum atomic E-state index is -2.98. The number of para-hydroxylation sites is 1. The first-order chi connectivity index (χ1) is 15.9. The van der Waals surface area contributed by atoms with Gasteiger partial charge >= 0.3 is 0 Å². The SMILES string of the molecule is O=C(Nc1nc2ccc(Oc3ccccc3)cc2s1)c1ccccc1SC1CCS(=O)(=O)C1. The normalized spacial score (nSPS) is 17.2. The van der Waals surface area contributed by atoms with E-state index in [9.17, 15) is 13.2 Å². The molecule has 1 fully saturated rings. The summed E-state index contributed by atoms with van der Waals surface area (Å²) in [5, 5.41) is 3.36. The lowest BCUT2D eigenvalue weighted by Crippen LogP contribution is -2.14. The van der Waals surface area contributed by atoms with E-state index in [2.05, 4.69) is 10.3 Å². The quantitative estimate of drug-likeness (QED) is 0.373. The van der Waals surface area contributed by atoms with Crippen LogP contribution < -0.4 is 10.1 Å². The van der Waals surface area contributed by atoms with Crippen molar-refractivity contribution in [3.8, 4) is 11.5 Å². The first-order valence-electron chi connectivity index (χ1n) is 10.4. The molecule has 1 N–H and O–H groups in total. The highest BCUT2D eigenvalue weighted by atomic mass is 32.2. The first-order valence-corrected chi connectivity index (χ1v) is 13.9. The van der Waals surface area contributed by atoms with Crippen molar-refractivity contribution >= 4 is 54.2 Å². The van der Waals surface area contributed by atoms with Crippen LogP contribution in [0.4, 0.5) is 5.13 Å². The van der Waals surface area contributed by atoms with E-state index in [1.54, 1.807) is 12.1 Å². The molecule has 1 aliphatic heterocycles. The van der Waals surface area contributed by atoms with Gasteiger partial charge in [0.25, 0.3) is 5.91 Å². The Kier molecular flexibility index (Phi) is 6.09. The number of hydrogen-bond acceptors (Lipinski definition) is 7. The van der Waals surface area contributed by atoms with Crippen LogP contribution in [0.25, 0.3) is 10.2 Å². The number of nitrogens with one attached hydrogen (secondary N) is 1. The molecule has 0 saturated carbocycles. The van der Waals surface area contributed by atoms with Crippen LogP contribution in [-0.2, 0) is 9.84 Å². The molecular weight excluding hydrogens is 476 g/mol. The molecule has 4 aromatic rings. The van der Waals surface area contributed by atoms with Gasteiger partial charge in [0, 0.05) is 16.2 Å². The number of benzene rings is 3. The van der Waals surface area contributed by atoms with Crippen molar-refractivity contribution in [2.45, 2.75) is 16.6 Å². The van der Waals surface area contributed by atoms with E-state index in [0.717, 1.165) is 20.9 Å². The highest BCUT2D eigenvalue weighted by Crippen LogP contribution is 2.35. The van der Waals surface area contributed by atoms with Crippen molar-refractivity contribution in [2.24, 2.45) is 0 Å². The predicted octanol–water partition coefficient (Wildman–Crippen LogP) is 5.62. The number of aromatic nitrogens is 1. The molecule has 0 aliphatic carbocycles. The molecular formula is C24H20N2O4S3. The average Bonchev–Trinajstić information content (AvgIpc) is 3.35. The van der Waals surface area contributed by atoms with Crippen molar-refractivity contribution in [1.82, 2.24) is 4.98 Å². The smallest absolute Gasteiger partial charge is 0.258 e. The van der Waals surface area contributed by atoms with E-state index in [1.165, 1.54) is 23.1 Å². The zero-order valence-electron chi connectivity index (χ0n) is 17.4. The molecule has 33 heavy (non-hydrogen) atoms. The second-order valence-corrected chi connectivity index (χ2v) is 12.3. The van der Waals surface area contributed by atoms with E-state index < -0.39 is 9.84 Å². The van der Waals surface area contributed by atoms with Crippen molar-refractivity contribution in [2.75, 3.05) is 16.8 Å². The van der Waals surface area contributed by atoms with E-state index in [-0.39, 0.29) is 22.7 Å². The lowest BCUT2D eigenvalue weighted by atomic mass is 10.2. The van der Waals surface area contributed by atoms with Crippen molar-refractivity contribution in [3.63, 3.8) is 0 Å². The molecule has 0 spiro atoms. The van der Waals surface area contributed by atoms with Crippen LogP contribution in [0.3, 0.4) is 0 Å². The maximum absolute atomic E-state index is 13.0. The molecule has 168 valence electrons. The molecule has 1 amide bonds. The average molecular weight is 497 g/mol. The number of nitrogens with zero attached hydrogens (tertiary/aromatic N) is 1. The number of ether oxygens (including phenoxy) is 1. The lowest BCUT2D eigenvalue weighted by Gasteiger charge is -2.11. The van der Waals surface area contributed by atoms with Crippen LogP contribution in [0, 0.1) is 0 Å². The minimum Gasteiger partial charge on any atom is -0.457 e. The van der Waals surface area contributed by atoms with Crippen LogP contribution in [0.2, 0.25) is 0 Å². The Morgan fingerprint density at radius 3 is 2.61 bits per heavy atom. The van der Waals surface area contributed by atoms with Crippen LogP contribution in [0.15, 0.2) is 77.7 Å². The van der Waals surface area contributed by atoms with E-state index in [4.69, 9.17) is 4.74 Å².